The average molecular weight is 534 g/mol. The largest absolute Gasteiger partial charge is 0.416 e. The molecule has 194 valence electrons. The monoisotopic (exact) mass is 533 g/mol. The Labute approximate surface area is 207 Å². The zero-order valence-corrected chi connectivity index (χ0v) is 19.8. The fourth-order valence-electron chi connectivity index (χ4n) is 4.17. The van der Waals surface area contributed by atoms with E-state index in [1.54, 1.807) is 0 Å². The number of urea groups is 1. The summed E-state index contributed by atoms with van der Waals surface area (Å²) < 4.78 is 68.6. The molecule has 0 saturated carbocycles. The highest BCUT2D eigenvalue weighted by atomic mass is 35.5. The van der Waals surface area contributed by atoms with Crippen molar-refractivity contribution >= 4 is 35.0 Å². The second-order valence-corrected chi connectivity index (χ2v) is 9.20. The topological polar surface area (TPSA) is 89.0 Å². The molecule has 0 bridgehead atoms. The Morgan fingerprint density at radius 2 is 1.97 bits per heavy atom. The molecule has 0 spiro atoms. The molecule has 36 heavy (non-hydrogen) atoms. The van der Waals surface area contributed by atoms with Crippen molar-refractivity contribution < 1.29 is 36.6 Å². The molecule has 3 heterocycles. The molecular formula is C22H21ClF5N5O3. The lowest BCUT2D eigenvalue weighted by Gasteiger charge is -2.40. The van der Waals surface area contributed by atoms with Crippen molar-refractivity contribution in [2.24, 2.45) is 0 Å². The highest BCUT2D eigenvalue weighted by Crippen LogP contribution is 2.35. The third-order valence-electron chi connectivity index (χ3n) is 6.08. The molecule has 2 fully saturated rings. The van der Waals surface area contributed by atoms with Crippen LogP contribution in [0.1, 0.15) is 11.3 Å². The number of carbonyl (C=O) groups is 2. The van der Waals surface area contributed by atoms with E-state index in [9.17, 15) is 36.6 Å². The van der Waals surface area contributed by atoms with Crippen LogP contribution in [0.25, 0.3) is 0 Å². The van der Waals surface area contributed by atoms with Crippen LogP contribution in [0, 0.1) is 18.6 Å². The molecule has 1 aromatic heterocycles. The lowest BCUT2D eigenvalue weighted by Crippen LogP contribution is -2.64. The molecule has 1 atom stereocenters. The van der Waals surface area contributed by atoms with E-state index in [-0.39, 0.29) is 31.9 Å². The van der Waals surface area contributed by atoms with Gasteiger partial charge in [-0.15, -0.1) is 0 Å². The van der Waals surface area contributed by atoms with Crippen molar-refractivity contribution in [1.29, 1.82) is 0 Å². The minimum Gasteiger partial charge on any atom is -0.385 e. The standard InChI is InChI=1S/C22H21ClF5N5O3/c1-11-5-12(22(26,27)28)6-16(30-11)33-15(7-32(20(33)35)10-21(36)8-29-9-21)19(34)31(2)14-4-3-13(24)17(23)18(14)25/h3-6,15,29,36H,7-10H2,1-2H3/t15-/m0/s1. The van der Waals surface area contributed by atoms with Gasteiger partial charge in [-0.3, -0.25) is 9.69 Å². The van der Waals surface area contributed by atoms with Gasteiger partial charge >= 0.3 is 12.2 Å². The zero-order valence-electron chi connectivity index (χ0n) is 19.0. The number of amides is 3. The summed E-state index contributed by atoms with van der Waals surface area (Å²) in [5, 5.41) is 12.5. The molecule has 3 amide bonds. The molecule has 1 aromatic carbocycles. The Bertz CT molecular complexity index is 1220. The first kappa shape index (κ1) is 26.0. The number of anilines is 2. The number of halogens is 6. The van der Waals surface area contributed by atoms with Gasteiger partial charge in [-0.2, -0.15) is 13.2 Å². The molecule has 8 nitrogen and oxygen atoms in total. The van der Waals surface area contributed by atoms with Gasteiger partial charge in [0.25, 0.3) is 5.91 Å². The number of hydrogen-bond donors (Lipinski definition) is 2. The molecule has 0 aliphatic carbocycles. The number of aliphatic hydroxyl groups is 1. The van der Waals surface area contributed by atoms with Crippen molar-refractivity contribution in [3.8, 4) is 0 Å². The van der Waals surface area contributed by atoms with Crippen molar-refractivity contribution in [3.63, 3.8) is 0 Å². The van der Waals surface area contributed by atoms with Crippen LogP contribution in [-0.4, -0.2) is 71.8 Å². The summed E-state index contributed by atoms with van der Waals surface area (Å²) in [7, 11) is 1.16. The molecule has 14 heteroatoms. The van der Waals surface area contributed by atoms with E-state index in [1.807, 2.05) is 0 Å². The van der Waals surface area contributed by atoms with E-state index in [4.69, 9.17) is 11.6 Å². The summed E-state index contributed by atoms with van der Waals surface area (Å²) in [5.41, 5.74) is -2.80. The minimum atomic E-state index is -4.75. The van der Waals surface area contributed by atoms with Crippen molar-refractivity contribution in [1.82, 2.24) is 15.2 Å². The Kier molecular flexibility index (Phi) is 6.60. The van der Waals surface area contributed by atoms with Crippen LogP contribution in [0.5, 0.6) is 0 Å². The lowest BCUT2D eigenvalue weighted by atomic mass is 9.97. The fraction of sp³-hybridized carbons (Fsp3) is 0.409. The average Bonchev–Trinajstić information content (AvgIpc) is 3.10. The van der Waals surface area contributed by atoms with Crippen molar-refractivity contribution in [2.45, 2.75) is 24.7 Å². The van der Waals surface area contributed by atoms with Gasteiger partial charge in [-0.25, -0.2) is 18.6 Å². The second-order valence-electron chi connectivity index (χ2n) is 8.82. The maximum Gasteiger partial charge on any atom is 0.416 e. The van der Waals surface area contributed by atoms with E-state index in [1.165, 1.54) is 6.92 Å². The van der Waals surface area contributed by atoms with Gasteiger partial charge in [-0.05, 0) is 31.2 Å². The van der Waals surface area contributed by atoms with E-state index in [0.717, 1.165) is 39.9 Å². The zero-order chi connectivity index (χ0) is 26.6. The summed E-state index contributed by atoms with van der Waals surface area (Å²) in [6.07, 6.45) is -4.75. The summed E-state index contributed by atoms with van der Waals surface area (Å²) in [6.45, 7) is 1.14. The maximum atomic E-state index is 14.6. The van der Waals surface area contributed by atoms with Crippen LogP contribution >= 0.6 is 11.6 Å². The van der Waals surface area contributed by atoms with Crippen molar-refractivity contribution in [3.05, 3.63) is 52.2 Å². The first-order chi connectivity index (χ1) is 16.7. The van der Waals surface area contributed by atoms with Crippen LogP contribution in [0.2, 0.25) is 5.02 Å². The number of alkyl halides is 3. The molecule has 2 N–H and O–H groups in total. The number of pyridine rings is 1. The third-order valence-corrected chi connectivity index (χ3v) is 6.43. The quantitative estimate of drug-likeness (QED) is 0.456. The Morgan fingerprint density at radius 3 is 2.56 bits per heavy atom. The van der Waals surface area contributed by atoms with Gasteiger partial charge in [0.1, 0.15) is 28.3 Å². The predicted molar refractivity (Wildman–Crippen MR) is 120 cm³/mol. The molecular weight excluding hydrogens is 513 g/mol. The second kappa shape index (κ2) is 9.12. The van der Waals surface area contributed by atoms with Crippen LogP contribution in [-0.2, 0) is 11.0 Å². The number of hydrogen-bond acceptors (Lipinski definition) is 5. The molecule has 2 aromatic rings. The first-order valence-electron chi connectivity index (χ1n) is 10.7. The molecule has 2 saturated heterocycles. The summed E-state index contributed by atoms with van der Waals surface area (Å²) in [6, 6.07) is 0.977. The smallest absolute Gasteiger partial charge is 0.385 e. The van der Waals surface area contributed by atoms with Crippen LogP contribution < -0.4 is 15.1 Å². The first-order valence-corrected chi connectivity index (χ1v) is 11.1. The molecule has 2 aliphatic rings. The third kappa shape index (κ3) is 4.70. The van der Waals surface area contributed by atoms with Crippen LogP contribution in [0.4, 0.5) is 38.3 Å². The normalized spacial score (nSPS) is 19.5. The van der Waals surface area contributed by atoms with E-state index in [2.05, 4.69) is 10.3 Å². The number of likely N-dealkylation sites (N-methyl/N-ethyl adjacent to an activating group) is 1. The number of carbonyl (C=O) groups excluding carboxylic acids is 2. The van der Waals surface area contributed by atoms with Crippen LogP contribution in [0.15, 0.2) is 24.3 Å². The highest BCUT2D eigenvalue weighted by molar-refractivity contribution is 6.31. The number of aryl methyl sites for hydroxylation is 1. The molecule has 2 aliphatic heterocycles. The van der Waals surface area contributed by atoms with Gasteiger partial charge in [0.15, 0.2) is 5.82 Å². The Hall–Kier alpha value is -3.03. The van der Waals surface area contributed by atoms with Gasteiger partial charge < -0.3 is 20.2 Å². The highest BCUT2D eigenvalue weighted by Gasteiger charge is 2.48. The van der Waals surface area contributed by atoms with Crippen LogP contribution in [0.3, 0.4) is 0 Å². The van der Waals surface area contributed by atoms with E-state index >= 15 is 0 Å². The van der Waals surface area contributed by atoms with E-state index in [0.29, 0.717) is 6.07 Å². The minimum absolute atomic E-state index is 0.0520. The van der Waals surface area contributed by atoms with Gasteiger partial charge in [0.05, 0.1) is 24.3 Å². The molecule has 4 rings (SSSR count). The molecule has 0 radical (unpaired) electrons. The maximum absolute atomic E-state index is 14.6. The number of aromatic nitrogens is 1. The van der Waals surface area contributed by atoms with Gasteiger partial charge in [0, 0.05) is 25.8 Å². The van der Waals surface area contributed by atoms with Crippen molar-refractivity contribution in [2.75, 3.05) is 43.0 Å². The summed E-state index contributed by atoms with van der Waals surface area (Å²) in [5.74, 6) is -3.59. The number of nitrogens with zero attached hydrogens (tertiary/aromatic N) is 4. The van der Waals surface area contributed by atoms with E-state index < -0.39 is 63.5 Å². The Balaban J connectivity index is 1.74. The Morgan fingerprint density at radius 1 is 1.31 bits per heavy atom. The van der Waals surface area contributed by atoms with Gasteiger partial charge in [0.2, 0.25) is 0 Å². The molecule has 0 unspecified atom stereocenters. The SMILES string of the molecule is Cc1cc(C(F)(F)F)cc(N2C(=O)N(CC3(O)CNC3)C[C@H]2C(=O)N(C)c2ccc(F)c(Cl)c2F)n1. The number of β-amino-alcohol motifs (C(OH)–C–C–N with tert-alkyl or cyclic N) is 1. The lowest BCUT2D eigenvalue weighted by molar-refractivity contribution is -0.137. The predicted octanol–water partition coefficient (Wildman–Crippen LogP) is 2.95. The number of rotatable bonds is 5. The fourth-order valence-corrected chi connectivity index (χ4v) is 4.33. The van der Waals surface area contributed by atoms with Gasteiger partial charge in [-0.1, -0.05) is 11.6 Å². The summed E-state index contributed by atoms with van der Waals surface area (Å²) in [4.78, 5) is 33.5. The number of benzene rings is 1. The summed E-state index contributed by atoms with van der Waals surface area (Å²) >= 11 is 5.62. The number of nitrogens with one attached hydrogen (secondary N) is 1.